The maximum Gasteiger partial charge on any atom is 0.251 e. The fraction of sp³-hybridized carbons (Fsp3) is 0.500. The standard InChI is InChI=1S/C14H18BrNO3/c1-18-13-3-2-11(8-12(13)15)14(17)16-6-4-10-5-7-19-9-10/h2-3,8,10H,4-7,9H2,1H3,(H,16,17). The van der Waals surface area contributed by atoms with Crippen molar-refractivity contribution in [3.8, 4) is 5.75 Å². The Labute approximate surface area is 121 Å². The van der Waals surface area contributed by atoms with Gasteiger partial charge in [0.15, 0.2) is 0 Å². The molecule has 1 aliphatic rings. The molecule has 0 spiro atoms. The number of carbonyl (C=O) groups excluding carboxylic acids is 1. The van der Waals surface area contributed by atoms with Gasteiger partial charge in [-0.05, 0) is 52.9 Å². The van der Waals surface area contributed by atoms with Gasteiger partial charge < -0.3 is 14.8 Å². The number of methoxy groups -OCH3 is 1. The van der Waals surface area contributed by atoms with Crippen LogP contribution in [0.15, 0.2) is 22.7 Å². The van der Waals surface area contributed by atoms with Crippen molar-refractivity contribution >= 4 is 21.8 Å². The highest BCUT2D eigenvalue weighted by Crippen LogP contribution is 2.25. The SMILES string of the molecule is COc1ccc(C(=O)NCCC2CCOC2)cc1Br. The molecule has 0 bridgehead atoms. The summed E-state index contributed by atoms with van der Waals surface area (Å²) < 4.78 is 11.2. The summed E-state index contributed by atoms with van der Waals surface area (Å²) >= 11 is 3.38. The van der Waals surface area contributed by atoms with Crippen molar-refractivity contribution < 1.29 is 14.3 Å². The second-order valence-corrected chi connectivity index (χ2v) is 5.48. The number of halogens is 1. The van der Waals surface area contributed by atoms with Gasteiger partial charge >= 0.3 is 0 Å². The minimum Gasteiger partial charge on any atom is -0.496 e. The second-order valence-electron chi connectivity index (χ2n) is 4.62. The van der Waals surface area contributed by atoms with Gasteiger partial charge in [0.2, 0.25) is 0 Å². The lowest BCUT2D eigenvalue weighted by Gasteiger charge is -2.10. The lowest BCUT2D eigenvalue weighted by atomic mass is 10.1. The molecule has 1 unspecified atom stereocenters. The molecule has 1 heterocycles. The maximum atomic E-state index is 12.0. The summed E-state index contributed by atoms with van der Waals surface area (Å²) in [4.78, 5) is 12.0. The highest BCUT2D eigenvalue weighted by molar-refractivity contribution is 9.10. The van der Waals surface area contributed by atoms with Crippen molar-refractivity contribution in [2.75, 3.05) is 26.9 Å². The van der Waals surface area contributed by atoms with E-state index >= 15 is 0 Å². The van der Waals surface area contributed by atoms with Crippen molar-refractivity contribution in [3.63, 3.8) is 0 Å². The van der Waals surface area contributed by atoms with Crippen LogP contribution in [0.25, 0.3) is 0 Å². The number of hydrogen-bond donors (Lipinski definition) is 1. The molecule has 0 aromatic heterocycles. The first-order chi connectivity index (χ1) is 9.20. The summed E-state index contributed by atoms with van der Waals surface area (Å²) in [6, 6.07) is 5.31. The molecule has 1 saturated heterocycles. The van der Waals surface area contributed by atoms with Crippen LogP contribution in [0.3, 0.4) is 0 Å². The Morgan fingerprint density at radius 1 is 1.58 bits per heavy atom. The Kier molecular flexibility index (Phi) is 5.22. The number of carbonyl (C=O) groups is 1. The lowest BCUT2D eigenvalue weighted by Crippen LogP contribution is -2.26. The molecule has 0 radical (unpaired) electrons. The fourth-order valence-corrected chi connectivity index (χ4v) is 2.65. The average molecular weight is 328 g/mol. The third-order valence-corrected chi connectivity index (χ3v) is 3.90. The van der Waals surface area contributed by atoms with Gasteiger partial charge in [-0.1, -0.05) is 0 Å². The van der Waals surface area contributed by atoms with E-state index in [9.17, 15) is 4.79 Å². The van der Waals surface area contributed by atoms with Crippen molar-refractivity contribution in [2.24, 2.45) is 5.92 Å². The van der Waals surface area contributed by atoms with Crippen LogP contribution in [0, 0.1) is 5.92 Å². The normalized spacial score (nSPS) is 18.3. The highest BCUT2D eigenvalue weighted by atomic mass is 79.9. The summed E-state index contributed by atoms with van der Waals surface area (Å²) in [5.74, 6) is 1.25. The van der Waals surface area contributed by atoms with E-state index in [4.69, 9.17) is 9.47 Å². The van der Waals surface area contributed by atoms with Crippen LogP contribution in [0.1, 0.15) is 23.2 Å². The first-order valence-corrected chi connectivity index (χ1v) is 7.19. The van der Waals surface area contributed by atoms with Crippen LogP contribution < -0.4 is 10.1 Å². The molecule has 104 valence electrons. The topological polar surface area (TPSA) is 47.6 Å². The number of nitrogens with one attached hydrogen (secondary N) is 1. The smallest absolute Gasteiger partial charge is 0.251 e. The number of hydrogen-bond acceptors (Lipinski definition) is 3. The van der Waals surface area contributed by atoms with Crippen molar-refractivity contribution in [2.45, 2.75) is 12.8 Å². The van der Waals surface area contributed by atoms with Gasteiger partial charge in [-0.2, -0.15) is 0 Å². The molecule has 1 amide bonds. The highest BCUT2D eigenvalue weighted by Gasteiger charge is 2.15. The predicted molar refractivity (Wildman–Crippen MR) is 76.6 cm³/mol. The van der Waals surface area contributed by atoms with Gasteiger partial charge in [0.1, 0.15) is 5.75 Å². The molecular formula is C14H18BrNO3. The van der Waals surface area contributed by atoms with Crippen LogP contribution in [0.5, 0.6) is 5.75 Å². The number of rotatable bonds is 5. The van der Waals surface area contributed by atoms with Gasteiger partial charge in [-0.15, -0.1) is 0 Å². The molecule has 1 aliphatic heterocycles. The molecule has 1 N–H and O–H groups in total. The number of amides is 1. The zero-order valence-electron chi connectivity index (χ0n) is 10.9. The molecule has 2 rings (SSSR count). The Hall–Kier alpha value is -1.07. The van der Waals surface area contributed by atoms with E-state index in [0.29, 0.717) is 18.0 Å². The molecule has 1 aromatic carbocycles. The molecule has 4 nitrogen and oxygen atoms in total. The molecule has 5 heteroatoms. The molecular weight excluding hydrogens is 310 g/mol. The van der Waals surface area contributed by atoms with E-state index in [0.717, 1.165) is 36.3 Å². The van der Waals surface area contributed by atoms with Gasteiger partial charge in [0.25, 0.3) is 5.91 Å². The van der Waals surface area contributed by atoms with E-state index in [1.807, 2.05) is 0 Å². The number of benzene rings is 1. The zero-order valence-corrected chi connectivity index (χ0v) is 12.5. The maximum absolute atomic E-state index is 12.0. The van der Waals surface area contributed by atoms with Crippen LogP contribution in [-0.4, -0.2) is 32.8 Å². The molecule has 1 atom stereocenters. The molecule has 0 saturated carbocycles. The lowest BCUT2D eigenvalue weighted by molar-refractivity contribution is 0.0950. The molecule has 1 fully saturated rings. The van der Waals surface area contributed by atoms with E-state index in [2.05, 4.69) is 21.2 Å². The average Bonchev–Trinajstić information content (AvgIpc) is 2.91. The summed E-state index contributed by atoms with van der Waals surface area (Å²) in [5, 5.41) is 2.93. The minimum atomic E-state index is -0.0535. The second kappa shape index (κ2) is 6.91. The van der Waals surface area contributed by atoms with Crippen LogP contribution in [0.4, 0.5) is 0 Å². The third kappa shape index (κ3) is 3.94. The summed E-state index contributed by atoms with van der Waals surface area (Å²) in [6.45, 7) is 2.37. The van der Waals surface area contributed by atoms with Gasteiger partial charge in [-0.25, -0.2) is 0 Å². The van der Waals surface area contributed by atoms with Crippen LogP contribution in [-0.2, 0) is 4.74 Å². The quantitative estimate of drug-likeness (QED) is 0.904. The fourth-order valence-electron chi connectivity index (χ4n) is 2.11. The predicted octanol–water partition coefficient (Wildman–Crippen LogP) is 2.61. The third-order valence-electron chi connectivity index (χ3n) is 3.28. The van der Waals surface area contributed by atoms with Crippen LogP contribution in [0.2, 0.25) is 0 Å². The van der Waals surface area contributed by atoms with Gasteiger partial charge in [0.05, 0.1) is 11.6 Å². The summed E-state index contributed by atoms with van der Waals surface area (Å²) in [5.41, 5.74) is 0.635. The molecule has 1 aromatic rings. The number of ether oxygens (including phenoxy) is 2. The van der Waals surface area contributed by atoms with Crippen molar-refractivity contribution in [3.05, 3.63) is 28.2 Å². The monoisotopic (exact) mass is 327 g/mol. The first-order valence-electron chi connectivity index (χ1n) is 6.40. The van der Waals surface area contributed by atoms with E-state index in [1.165, 1.54) is 0 Å². The van der Waals surface area contributed by atoms with E-state index in [-0.39, 0.29) is 5.91 Å². The van der Waals surface area contributed by atoms with Gasteiger partial charge in [-0.3, -0.25) is 4.79 Å². The summed E-state index contributed by atoms with van der Waals surface area (Å²) in [7, 11) is 1.60. The van der Waals surface area contributed by atoms with Crippen molar-refractivity contribution in [1.82, 2.24) is 5.32 Å². The Bertz CT molecular complexity index is 444. The van der Waals surface area contributed by atoms with Crippen molar-refractivity contribution in [1.29, 1.82) is 0 Å². The van der Waals surface area contributed by atoms with Crippen LogP contribution >= 0.6 is 15.9 Å². The van der Waals surface area contributed by atoms with E-state index in [1.54, 1.807) is 25.3 Å². The Morgan fingerprint density at radius 2 is 2.42 bits per heavy atom. The first kappa shape index (κ1) is 14.3. The molecule has 0 aliphatic carbocycles. The zero-order chi connectivity index (χ0) is 13.7. The summed E-state index contributed by atoms with van der Waals surface area (Å²) in [6.07, 6.45) is 2.08. The Morgan fingerprint density at radius 3 is 3.05 bits per heavy atom. The largest absolute Gasteiger partial charge is 0.496 e. The van der Waals surface area contributed by atoms with E-state index < -0.39 is 0 Å². The molecule has 19 heavy (non-hydrogen) atoms. The minimum absolute atomic E-state index is 0.0535. The van der Waals surface area contributed by atoms with Gasteiger partial charge in [0, 0.05) is 25.3 Å². The Balaban J connectivity index is 1.83.